The lowest BCUT2D eigenvalue weighted by molar-refractivity contribution is -0.123. The normalized spacial score (nSPS) is 14.7. The van der Waals surface area contributed by atoms with Crippen LogP contribution in [0.1, 0.15) is 38.5 Å². The Labute approximate surface area is 89.7 Å². The molecule has 0 aliphatic rings. The van der Waals surface area contributed by atoms with Crippen molar-refractivity contribution in [1.29, 1.82) is 0 Å². The first-order chi connectivity index (χ1) is 7.07. The van der Waals surface area contributed by atoms with E-state index in [0.29, 0.717) is 6.54 Å². The van der Waals surface area contributed by atoms with Gasteiger partial charge in [0.25, 0.3) is 0 Å². The minimum atomic E-state index is -0.270. The van der Waals surface area contributed by atoms with Crippen LogP contribution in [0, 0.1) is 0 Å². The van der Waals surface area contributed by atoms with Crippen LogP contribution in [0.15, 0.2) is 12.5 Å². The molecule has 0 saturated carbocycles. The minimum Gasteiger partial charge on any atom is -0.355 e. The van der Waals surface area contributed by atoms with Crippen molar-refractivity contribution >= 4 is 5.91 Å². The molecule has 3 N–H and O–H groups in total. The summed E-state index contributed by atoms with van der Waals surface area (Å²) < 4.78 is 1.80. The highest BCUT2D eigenvalue weighted by Gasteiger charge is 2.17. The van der Waals surface area contributed by atoms with Gasteiger partial charge in [0, 0.05) is 18.8 Å². The molecule has 2 atom stereocenters. The highest BCUT2D eigenvalue weighted by molar-refractivity contribution is 5.79. The number of rotatable bonds is 4. The lowest BCUT2D eigenvalue weighted by atomic mass is 10.2. The number of amides is 1. The Balaban J connectivity index is 2.85. The highest BCUT2D eigenvalue weighted by atomic mass is 16.2. The van der Waals surface area contributed by atoms with E-state index in [2.05, 4.69) is 10.3 Å². The number of nitrogens with one attached hydrogen (secondary N) is 1. The molecule has 0 spiro atoms. The topological polar surface area (TPSA) is 72.9 Å². The van der Waals surface area contributed by atoms with E-state index < -0.39 is 0 Å². The van der Waals surface area contributed by atoms with Gasteiger partial charge in [-0.25, -0.2) is 4.98 Å². The average molecular weight is 210 g/mol. The maximum Gasteiger partial charge on any atom is 0.242 e. The van der Waals surface area contributed by atoms with Crippen LogP contribution in [0.5, 0.6) is 0 Å². The van der Waals surface area contributed by atoms with E-state index in [1.807, 2.05) is 20.8 Å². The summed E-state index contributed by atoms with van der Waals surface area (Å²) in [6.45, 7) is 6.23. The molecule has 0 radical (unpaired) electrons. The Morgan fingerprint density at radius 2 is 2.33 bits per heavy atom. The first-order valence-electron chi connectivity index (χ1n) is 5.13. The van der Waals surface area contributed by atoms with Crippen LogP contribution in [0.2, 0.25) is 0 Å². The zero-order valence-electron chi connectivity index (χ0n) is 9.40. The maximum atomic E-state index is 11.6. The van der Waals surface area contributed by atoms with Crippen LogP contribution in [0.25, 0.3) is 0 Å². The second kappa shape index (κ2) is 4.93. The fourth-order valence-electron chi connectivity index (χ4n) is 1.44. The number of likely N-dealkylation sites (N-methyl/N-ethyl adjacent to an activating group) is 1. The Morgan fingerprint density at radius 1 is 1.67 bits per heavy atom. The number of hydrogen-bond acceptors (Lipinski definition) is 3. The van der Waals surface area contributed by atoms with Gasteiger partial charge in [0.05, 0.1) is 12.0 Å². The molecule has 5 nitrogen and oxygen atoms in total. The standard InChI is InChI=1S/C10H18N4O/c1-4-13-10(15)8(3)14-6-12-5-9(14)7(2)11/h5-8H,4,11H2,1-3H3,(H,13,15)/t7-,8?/m1/s1. The third kappa shape index (κ3) is 2.56. The van der Waals surface area contributed by atoms with Gasteiger partial charge < -0.3 is 15.6 Å². The molecule has 1 aromatic rings. The second-order valence-corrected chi connectivity index (χ2v) is 3.59. The molecule has 84 valence electrons. The molecule has 1 heterocycles. The monoisotopic (exact) mass is 210 g/mol. The number of aromatic nitrogens is 2. The van der Waals surface area contributed by atoms with E-state index in [4.69, 9.17) is 5.73 Å². The van der Waals surface area contributed by atoms with Gasteiger partial charge in [0.15, 0.2) is 0 Å². The molecular formula is C10H18N4O. The first kappa shape index (κ1) is 11.7. The van der Waals surface area contributed by atoms with E-state index in [1.165, 1.54) is 0 Å². The summed E-state index contributed by atoms with van der Waals surface area (Å²) in [4.78, 5) is 15.6. The van der Waals surface area contributed by atoms with Gasteiger partial charge in [-0.1, -0.05) is 0 Å². The quantitative estimate of drug-likeness (QED) is 0.764. The van der Waals surface area contributed by atoms with Crippen molar-refractivity contribution in [2.75, 3.05) is 6.54 Å². The molecule has 15 heavy (non-hydrogen) atoms. The Morgan fingerprint density at radius 3 is 2.87 bits per heavy atom. The third-order valence-corrected chi connectivity index (χ3v) is 2.31. The highest BCUT2D eigenvalue weighted by Crippen LogP contribution is 2.15. The largest absolute Gasteiger partial charge is 0.355 e. The van der Waals surface area contributed by atoms with Gasteiger partial charge >= 0.3 is 0 Å². The molecule has 0 aromatic carbocycles. The van der Waals surface area contributed by atoms with Crippen molar-refractivity contribution in [3.63, 3.8) is 0 Å². The van der Waals surface area contributed by atoms with E-state index in [1.54, 1.807) is 17.1 Å². The molecule has 1 amide bonds. The molecule has 0 aliphatic heterocycles. The van der Waals surface area contributed by atoms with Crippen LogP contribution >= 0.6 is 0 Å². The smallest absolute Gasteiger partial charge is 0.242 e. The number of nitrogens with zero attached hydrogens (tertiary/aromatic N) is 2. The van der Waals surface area contributed by atoms with Gasteiger partial charge in [-0.05, 0) is 20.8 Å². The Bertz CT molecular complexity index is 332. The number of carbonyl (C=O) groups is 1. The van der Waals surface area contributed by atoms with Crippen LogP contribution in [-0.4, -0.2) is 22.0 Å². The van der Waals surface area contributed by atoms with Crippen molar-refractivity contribution in [3.8, 4) is 0 Å². The van der Waals surface area contributed by atoms with Crippen molar-refractivity contribution in [2.45, 2.75) is 32.9 Å². The number of nitrogens with two attached hydrogens (primary N) is 1. The van der Waals surface area contributed by atoms with Gasteiger partial charge in [0.2, 0.25) is 5.91 Å². The summed E-state index contributed by atoms with van der Waals surface area (Å²) in [5.41, 5.74) is 6.65. The Hall–Kier alpha value is -1.36. The summed E-state index contributed by atoms with van der Waals surface area (Å²) >= 11 is 0. The molecule has 0 aliphatic carbocycles. The molecule has 0 saturated heterocycles. The van der Waals surface area contributed by atoms with Gasteiger partial charge in [0.1, 0.15) is 6.04 Å². The van der Waals surface area contributed by atoms with Crippen LogP contribution in [0.4, 0.5) is 0 Å². The fourth-order valence-corrected chi connectivity index (χ4v) is 1.44. The van der Waals surface area contributed by atoms with Crippen molar-refractivity contribution < 1.29 is 4.79 Å². The van der Waals surface area contributed by atoms with Crippen molar-refractivity contribution in [1.82, 2.24) is 14.9 Å². The first-order valence-corrected chi connectivity index (χ1v) is 5.13. The van der Waals surface area contributed by atoms with Crippen LogP contribution in [0.3, 0.4) is 0 Å². The SMILES string of the molecule is CCNC(=O)C(C)n1cncc1[C@@H](C)N. The zero-order chi connectivity index (χ0) is 11.4. The summed E-state index contributed by atoms with van der Waals surface area (Å²) in [7, 11) is 0. The summed E-state index contributed by atoms with van der Waals surface area (Å²) in [6.07, 6.45) is 3.33. The van der Waals surface area contributed by atoms with Crippen molar-refractivity contribution in [2.24, 2.45) is 5.73 Å². The third-order valence-electron chi connectivity index (χ3n) is 2.31. The predicted molar refractivity (Wildman–Crippen MR) is 58.2 cm³/mol. The molecule has 1 rings (SSSR count). The number of imidazole rings is 1. The lowest BCUT2D eigenvalue weighted by Gasteiger charge is -2.17. The van der Waals surface area contributed by atoms with Crippen LogP contribution < -0.4 is 11.1 Å². The Kier molecular flexibility index (Phi) is 3.85. The second-order valence-electron chi connectivity index (χ2n) is 3.59. The molecular weight excluding hydrogens is 192 g/mol. The fraction of sp³-hybridized carbons (Fsp3) is 0.600. The van der Waals surface area contributed by atoms with Gasteiger partial charge in [-0.15, -0.1) is 0 Å². The molecule has 0 fully saturated rings. The average Bonchev–Trinajstić information content (AvgIpc) is 2.65. The number of hydrogen-bond donors (Lipinski definition) is 2. The van der Waals surface area contributed by atoms with E-state index >= 15 is 0 Å². The summed E-state index contributed by atoms with van der Waals surface area (Å²) in [5, 5.41) is 2.77. The molecule has 5 heteroatoms. The molecule has 0 bridgehead atoms. The van der Waals surface area contributed by atoms with E-state index in [0.717, 1.165) is 5.69 Å². The van der Waals surface area contributed by atoms with Crippen molar-refractivity contribution in [3.05, 3.63) is 18.2 Å². The summed E-state index contributed by atoms with van der Waals surface area (Å²) in [5.74, 6) is -0.0163. The maximum absolute atomic E-state index is 11.6. The van der Waals surface area contributed by atoms with E-state index in [9.17, 15) is 4.79 Å². The van der Waals surface area contributed by atoms with E-state index in [-0.39, 0.29) is 18.0 Å². The zero-order valence-corrected chi connectivity index (χ0v) is 9.40. The van der Waals surface area contributed by atoms with Crippen LogP contribution in [-0.2, 0) is 4.79 Å². The van der Waals surface area contributed by atoms with Gasteiger partial charge in [-0.2, -0.15) is 0 Å². The molecule has 1 unspecified atom stereocenters. The number of carbonyl (C=O) groups excluding carboxylic acids is 1. The van der Waals surface area contributed by atoms with Gasteiger partial charge in [-0.3, -0.25) is 4.79 Å². The molecule has 1 aromatic heterocycles. The minimum absolute atomic E-state index is 0.0163. The summed E-state index contributed by atoms with van der Waals surface area (Å²) in [6, 6.07) is -0.391. The predicted octanol–water partition coefficient (Wildman–Crippen LogP) is 0.600. The lowest BCUT2D eigenvalue weighted by Crippen LogP contribution is -2.31.